The zero-order valence-electron chi connectivity index (χ0n) is 19.4. The summed E-state index contributed by atoms with van der Waals surface area (Å²) in [5.74, 6) is -0.751. The van der Waals surface area contributed by atoms with Gasteiger partial charge in [0.1, 0.15) is 0 Å². The molecule has 1 aliphatic heterocycles. The number of hydrogen-bond acceptors (Lipinski definition) is 4. The molecule has 188 valence electrons. The van der Waals surface area contributed by atoms with E-state index in [2.05, 4.69) is 5.32 Å². The molecule has 36 heavy (non-hydrogen) atoms. The highest BCUT2D eigenvalue weighted by Crippen LogP contribution is 2.34. The van der Waals surface area contributed by atoms with E-state index in [1.165, 1.54) is 12.1 Å². The van der Waals surface area contributed by atoms with Crippen LogP contribution in [0.3, 0.4) is 0 Å². The maximum atomic E-state index is 13.0. The van der Waals surface area contributed by atoms with Crippen LogP contribution >= 0.6 is 0 Å². The van der Waals surface area contributed by atoms with E-state index >= 15 is 0 Å². The molecule has 1 amide bonds. The number of rotatable bonds is 8. The first-order chi connectivity index (χ1) is 17.3. The van der Waals surface area contributed by atoms with Crippen molar-refractivity contribution in [3.05, 3.63) is 119 Å². The van der Waals surface area contributed by atoms with Gasteiger partial charge in [-0.25, -0.2) is 0 Å². The maximum absolute atomic E-state index is 13.0. The third-order valence-electron chi connectivity index (χ3n) is 5.88. The summed E-state index contributed by atoms with van der Waals surface area (Å²) in [5.41, 5.74) is 2.44. The van der Waals surface area contributed by atoms with Gasteiger partial charge in [0.25, 0.3) is 5.91 Å². The first kappa shape index (κ1) is 25.5. The van der Waals surface area contributed by atoms with Crippen molar-refractivity contribution in [3.63, 3.8) is 0 Å². The second-order valence-electron chi connectivity index (χ2n) is 8.49. The smallest absolute Gasteiger partial charge is 0.416 e. The van der Waals surface area contributed by atoms with E-state index in [0.29, 0.717) is 18.5 Å². The molecule has 0 unspecified atom stereocenters. The highest BCUT2D eigenvalue weighted by molar-refractivity contribution is 5.91. The third kappa shape index (κ3) is 6.74. The molecule has 1 heterocycles. The van der Waals surface area contributed by atoms with Gasteiger partial charge in [-0.2, -0.15) is 13.2 Å². The molecule has 4 rings (SSSR count). The lowest BCUT2D eigenvalue weighted by molar-refractivity contribution is -0.150. The molecule has 0 bridgehead atoms. The van der Waals surface area contributed by atoms with Gasteiger partial charge in [-0.3, -0.25) is 4.79 Å². The number of hydrogen-bond donors (Lipinski definition) is 2. The summed E-state index contributed by atoms with van der Waals surface area (Å²) in [5, 5.41) is 12.0. The lowest BCUT2D eigenvalue weighted by atomic mass is 9.92. The summed E-state index contributed by atoms with van der Waals surface area (Å²) in [6.07, 6.45) is -3.25. The Morgan fingerprint density at radius 2 is 1.61 bits per heavy atom. The first-order valence-electron chi connectivity index (χ1n) is 11.5. The molecule has 3 aromatic rings. The van der Waals surface area contributed by atoms with Crippen LogP contribution in [-0.4, -0.2) is 17.3 Å². The van der Waals surface area contributed by atoms with Crippen molar-refractivity contribution in [1.82, 2.24) is 5.32 Å². The van der Waals surface area contributed by atoms with E-state index in [0.717, 1.165) is 28.8 Å². The number of benzene rings is 3. The molecule has 0 aromatic heterocycles. The Bertz CT molecular complexity index is 1180. The minimum absolute atomic E-state index is 0.0581. The van der Waals surface area contributed by atoms with Gasteiger partial charge in [-0.05, 0) is 40.5 Å². The second kappa shape index (κ2) is 11.4. The summed E-state index contributed by atoms with van der Waals surface area (Å²) >= 11 is 0. The highest BCUT2D eigenvalue weighted by atomic mass is 19.4. The van der Waals surface area contributed by atoms with Crippen molar-refractivity contribution in [1.29, 1.82) is 0 Å². The number of allylic oxidation sites excluding steroid dienone is 1. The Morgan fingerprint density at radius 1 is 0.944 bits per heavy atom. The number of aliphatic hydroxyl groups excluding tert-OH is 1. The van der Waals surface area contributed by atoms with E-state index in [-0.39, 0.29) is 24.9 Å². The van der Waals surface area contributed by atoms with Crippen molar-refractivity contribution in [2.24, 2.45) is 0 Å². The number of aliphatic hydroxyl groups is 1. The summed E-state index contributed by atoms with van der Waals surface area (Å²) < 4.78 is 50.8. The molecule has 0 radical (unpaired) electrons. The number of carbonyl (C=O) groups is 1. The zero-order chi connectivity index (χ0) is 25.5. The quantitative estimate of drug-likeness (QED) is 0.435. The number of nitrogens with one attached hydrogen (secondary N) is 1. The molecular formula is C28H26F3NO4. The van der Waals surface area contributed by atoms with Crippen LogP contribution in [0.15, 0.2) is 90.7 Å². The molecule has 5 nitrogen and oxygen atoms in total. The molecule has 1 aliphatic rings. The largest absolute Gasteiger partial charge is 0.459 e. The third-order valence-corrected chi connectivity index (χ3v) is 5.88. The van der Waals surface area contributed by atoms with Crippen LogP contribution < -0.4 is 5.32 Å². The molecule has 0 fully saturated rings. The fourth-order valence-electron chi connectivity index (χ4n) is 3.87. The number of alkyl halides is 3. The number of amides is 1. The predicted octanol–water partition coefficient (Wildman–Crippen LogP) is 5.44. The van der Waals surface area contributed by atoms with Crippen molar-refractivity contribution >= 4 is 5.91 Å². The average Bonchev–Trinajstić information content (AvgIpc) is 2.91. The van der Waals surface area contributed by atoms with Gasteiger partial charge in [0.2, 0.25) is 6.29 Å². The summed E-state index contributed by atoms with van der Waals surface area (Å²) in [6, 6.07) is 21.5. The molecule has 0 saturated heterocycles. The number of carbonyl (C=O) groups excluding carboxylic acids is 1. The first-order valence-corrected chi connectivity index (χ1v) is 11.5. The van der Waals surface area contributed by atoms with Gasteiger partial charge in [0, 0.05) is 18.9 Å². The van der Waals surface area contributed by atoms with Gasteiger partial charge in [-0.1, -0.05) is 66.7 Å². The molecule has 0 aliphatic carbocycles. The zero-order valence-corrected chi connectivity index (χ0v) is 19.4. The van der Waals surface area contributed by atoms with E-state index in [4.69, 9.17) is 9.47 Å². The topological polar surface area (TPSA) is 67.8 Å². The predicted molar refractivity (Wildman–Crippen MR) is 127 cm³/mol. The van der Waals surface area contributed by atoms with E-state index in [1.807, 2.05) is 42.5 Å². The normalized spacial score (nSPS) is 17.7. The Kier molecular flexibility index (Phi) is 8.07. The van der Waals surface area contributed by atoms with Gasteiger partial charge in [0.15, 0.2) is 5.76 Å². The lowest BCUT2D eigenvalue weighted by Crippen LogP contribution is -2.32. The van der Waals surface area contributed by atoms with Gasteiger partial charge >= 0.3 is 6.18 Å². The SMILES string of the molecule is O=C(NCc1ccccc1)C1=C[C@@H](c2ccc(C(F)(F)F)cc2)C[C@@H](OCc2ccc(CO)cc2)O1. The molecule has 3 aromatic carbocycles. The Labute approximate surface area is 207 Å². The fraction of sp³-hybridized carbons (Fsp3) is 0.250. The van der Waals surface area contributed by atoms with Crippen molar-refractivity contribution < 1.29 is 32.5 Å². The molecule has 0 saturated carbocycles. The van der Waals surface area contributed by atoms with Crippen molar-refractivity contribution in [2.45, 2.75) is 44.6 Å². The molecule has 2 atom stereocenters. The Morgan fingerprint density at radius 3 is 2.25 bits per heavy atom. The van der Waals surface area contributed by atoms with E-state index in [9.17, 15) is 23.1 Å². The molecule has 2 N–H and O–H groups in total. The van der Waals surface area contributed by atoms with Crippen LogP contribution in [0.25, 0.3) is 0 Å². The minimum atomic E-state index is -4.43. The summed E-state index contributed by atoms with van der Waals surface area (Å²) in [7, 11) is 0. The highest BCUT2D eigenvalue weighted by Gasteiger charge is 2.32. The van der Waals surface area contributed by atoms with Gasteiger partial charge in [0.05, 0.1) is 18.8 Å². The Hall–Kier alpha value is -3.62. The van der Waals surface area contributed by atoms with Crippen LogP contribution in [0.1, 0.15) is 40.2 Å². The van der Waals surface area contributed by atoms with Crippen LogP contribution in [0, 0.1) is 0 Å². The van der Waals surface area contributed by atoms with Crippen LogP contribution in [0.2, 0.25) is 0 Å². The average molecular weight is 498 g/mol. The fourth-order valence-corrected chi connectivity index (χ4v) is 3.87. The van der Waals surface area contributed by atoms with Crippen LogP contribution in [0.4, 0.5) is 13.2 Å². The minimum Gasteiger partial charge on any atom is -0.459 e. The standard InChI is InChI=1S/C28H26F3NO4/c29-28(30,31)24-12-10-22(11-13-24)23-14-25(27(34)32-16-19-4-2-1-3-5-19)36-26(15-23)35-18-21-8-6-20(17-33)7-9-21/h1-14,23,26,33H,15-18H2,(H,32,34)/t23-,26+/m1/s1. The van der Waals surface area contributed by atoms with Gasteiger partial charge < -0.3 is 19.9 Å². The maximum Gasteiger partial charge on any atom is 0.416 e. The molecule has 0 spiro atoms. The lowest BCUT2D eigenvalue weighted by Gasteiger charge is -2.29. The van der Waals surface area contributed by atoms with Crippen LogP contribution in [-0.2, 0) is 40.2 Å². The van der Waals surface area contributed by atoms with E-state index in [1.54, 1.807) is 18.2 Å². The van der Waals surface area contributed by atoms with Crippen LogP contribution in [0.5, 0.6) is 0 Å². The van der Waals surface area contributed by atoms with E-state index < -0.39 is 23.9 Å². The monoisotopic (exact) mass is 497 g/mol. The van der Waals surface area contributed by atoms with Gasteiger partial charge in [-0.15, -0.1) is 0 Å². The van der Waals surface area contributed by atoms with Crippen molar-refractivity contribution in [3.8, 4) is 0 Å². The second-order valence-corrected chi connectivity index (χ2v) is 8.49. The van der Waals surface area contributed by atoms with Crippen molar-refractivity contribution in [2.75, 3.05) is 0 Å². The number of halogens is 3. The molecular weight excluding hydrogens is 471 g/mol. The molecule has 8 heteroatoms. The Balaban J connectivity index is 1.49. The summed E-state index contributed by atoms with van der Waals surface area (Å²) in [4.78, 5) is 12.9. The summed E-state index contributed by atoms with van der Waals surface area (Å²) in [6.45, 7) is 0.441. The number of ether oxygens (including phenoxy) is 2.